The molecule has 0 saturated carbocycles. The number of carbonyl (C=O) groups excluding carboxylic acids is 1. The van der Waals surface area contributed by atoms with Gasteiger partial charge in [-0.1, -0.05) is 37.0 Å². The van der Waals surface area contributed by atoms with Crippen LogP contribution in [-0.4, -0.2) is 23.0 Å². The van der Waals surface area contributed by atoms with Crippen LogP contribution in [0.3, 0.4) is 0 Å². The third kappa shape index (κ3) is 4.73. The number of rotatable bonds is 5. The molecule has 1 amide bonds. The van der Waals surface area contributed by atoms with Crippen molar-refractivity contribution in [2.45, 2.75) is 26.3 Å². The van der Waals surface area contributed by atoms with Crippen molar-refractivity contribution < 1.29 is 14.7 Å². The molecule has 1 rings (SSSR count). The van der Waals surface area contributed by atoms with Gasteiger partial charge in [0, 0.05) is 5.02 Å². The van der Waals surface area contributed by atoms with Crippen LogP contribution in [0.25, 0.3) is 0 Å². The number of benzene rings is 1. The van der Waals surface area contributed by atoms with Gasteiger partial charge in [0.05, 0.1) is 10.6 Å². The minimum Gasteiger partial charge on any atom is -0.480 e. The van der Waals surface area contributed by atoms with E-state index in [1.54, 1.807) is 0 Å². The van der Waals surface area contributed by atoms with Crippen LogP contribution in [0.1, 0.15) is 30.6 Å². The Morgan fingerprint density at radius 1 is 1.32 bits per heavy atom. The summed E-state index contributed by atoms with van der Waals surface area (Å²) in [5.74, 6) is -1.43. The molecule has 1 atom stereocenters. The van der Waals surface area contributed by atoms with E-state index in [0.29, 0.717) is 11.4 Å². The van der Waals surface area contributed by atoms with Crippen LogP contribution in [0.4, 0.5) is 0 Å². The smallest absolute Gasteiger partial charge is 0.326 e. The summed E-state index contributed by atoms with van der Waals surface area (Å²) in [6.45, 7) is 3.77. The van der Waals surface area contributed by atoms with Gasteiger partial charge in [0.15, 0.2) is 0 Å². The van der Waals surface area contributed by atoms with Gasteiger partial charge in [-0.3, -0.25) is 4.79 Å². The molecule has 0 aliphatic rings. The molecule has 1 aromatic carbocycles. The first kappa shape index (κ1) is 15.8. The summed E-state index contributed by atoms with van der Waals surface area (Å²) in [6.07, 6.45) is 0.353. The number of aliphatic carboxylic acids is 1. The minimum atomic E-state index is -1.06. The highest BCUT2D eigenvalue weighted by atomic mass is 35.5. The molecule has 6 heteroatoms. The van der Waals surface area contributed by atoms with Gasteiger partial charge in [0.2, 0.25) is 0 Å². The molecule has 0 aliphatic carbocycles. The largest absolute Gasteiger partial charge is 0.480 e. The van der Waals surface area contributed by atoms with E-state index in [2.05, 4.69) is 5.32 Å². The summed E-state index contributed by atoms with van der Waals surface area (Å²) in [7, 11) is 0. The number of nitrogens with one attached hydrogen (secondary N) is 1. The average molecular weight is 304 g/mol. The fourth-order valence-electron chi connectivity index (χ4n) is 1.60. The molecule has 2 N–H and O–H groups in total. The standard InChI is InChI=1S/C13H15Cl2NO3/c1-7(2)5-11(13(18)19)16-12(17)9-4-3-8(14)6-10(9)15/h3-4,6-7,11H,5H2,1-2H3,(H,16,17)(H,18,19)/t11-/m1/s1. The second-order valence-electron chi connectivity index (χ2n) is 4.62. The van der Waals surface area contributed by atoms with Gasteiger partial charge in [-0.2, -0.15) is 0 Å². The van der Waals surface area contributed by atoms with Crippen molar-refractivity contribution in [3.63, 3.8) is 0 Å². The fraction of sp³-hybridized carbons (Fsp3) is 0.385. The van der Waals surface area contributed by atoms with Crippen molar-refractivity contribution in [1.29, 1.82) is 0 Å². The quantitative estimate of drug-likeness (QED) is 0.877. The number of hydrogen-bond acceptors (Lipinski definition) is 2. The Balaban J connectivity index is 2.84. The Labute approximate surface area is 121 Å². The zero-order valence-electron chi connectivity index (χ0n) is 10.6. The molecule has 0 radical (unpaired) electrons. The number of carboxylic acids is 1. The monoisotopic (exact) mass is 303 g/mol. The zero-order valence-corrected chi connectivity index (χ0v) is 12.1. The predicted molar refractivity (Wildman–Crippen MR) is 74.8 cm³/mol. The number of halogens is 2. The summed E-state index contributed by atoms with van der Waals surface area (Å²) in [6, 6.07) is 3.50. The van der Waals surface area contributed by atoms with E-state index in [0.717, 1.165) is 0 Å². The first-order chi connectivity index (χ1) is 8.81. The van der Waals surface area contributed by atoms with Crippen LogP contribution in [-0.2, 0) is 4.79 Å². The van der Waals surface area contributed by atoms with Gasteiger partial charge in [-0.05, 0) is 30.5 Å². The molecule has 0 aliphatic heterocycles. The van der Waals surface area contributed by atoms with Crippen molar-refractivity contribution in [2.24, 2.45) is 5.92 Å². The highest BCUT2D eigenvalue weighted by Gasteiger charge is 2.22. The first-order valence-corrected chi connectivity index (χ1v) is 6.55. The van der Waals surface area contributed by atoms with Crippen molar-refractivity contribution in [2.75, 3.05) is 0 Å². The van der Waals surface area contributed by atoms with E-state index >= 15 is 0 Å². The molecular formula is C13H15Cl2NO3. The molecular weight excluding hydrogens is 289 g/mol. The van der Waals surface area contributed by atoms with Crippen LogP contribution in [0.15, 0.2) is 18.2 Å². The Hall–Kier alpha value is -1.26. The lowest BCUT2D eigenvalue weighted by Gasteiger charge is -2.16. The fourth-order valence-corrected chi connectivity index (χ4v) is 2.10. The first-order valence-electron chi connectivity index (χ1n) is 5.80. The molecule has 1 aromatic rings. The van der Waals surface area contributed by atoms with Crippen molar-refractivity contribution in [3.8, 4) is 0 Å². The minimum absolute atomic E-state index is 0.155. The van der Waals surface area contributed by atoms with E-state index in [1.807, 2.05) is 13.8 Å². The molecule has 0 spiro atoms. The van der Waals surface area contributed by atoms with Gasteiger partial charge >= 0.3 is 5.97 Å². The molecule has 0 saturated heterocycles. The van der Waals surface area contributed by atoms with Crippen LogP contribution < -0.4 is 5.32 Å². The lowest BCUT2D eigenvalue weighted by atomic mass is 10.0. The lowest BCUT2D eigenvalue weighted by molar-refractivity contribution is -0.139. The van der Waals surface area contributed by atoms with E-state index in [-0.39, 0.29) is 16.5 Å². The van der Waals surface area contributed by atoms with Gasteiger partial charge < -0.3 is 10.4 Å². The highest BCUT2D eigenvalue weighted by Crippen LogP contribution is 2.21. The molecule has 104 valence electrons. The third-order valence-corrected chi connectivity index (χ3v) is 3.03. The van der Waals surface area contributed by atoms with E-state index in [9.17, 15) is 9.59 Å². The molecule has 0 heterocycles. The van der Waals surface area contributed by atoms with Crippen LogP contribution in [0.2, 0.25) is 10.0 Å². The van der Waals surface area contributed by atoms with Crippen LogP contribution in [0.5, 0.6) is 0 Å². The Kier molecular flexibility index (Phi) is 5.63. The maximum absolute atomic E-state index is 12.0. The number of carboxylic acid groups (broad SMARTS) is 1. The predicted octanol–water partition coefficient (Wildman–Crippen LogP) is 3.22. The summed E-state index contributed by atoms with van der Waals surface area (Å²) >= 11 is 11.6. The van der Waals surface area contributed by atoms with Gasteiger partial charge in [-0.15, -0.1) is 0 Å². The maximum Gasteiger partial charge on any atom is 0.326 e. The van der Waals surface area contributed by atoms with E-state index < -0.39 is 17.9 Å². The van der Waals surface area contributed by atoms with E-state index in [1.165, 1.54) is 18.2 Å². The van der Waals surface area contributed by atoms with Crippen molar-refractivity contribution in [3.05, 3.63) is 33.8 Å². The summed E-state index contributed by atoms with van der Waals surface area (Å²) in [4.78, 5) is 23.0. The molecule has 19 heavy (non-hydrogen) atoms. The molecule has 0 unspecified atom stereocenters. The van der Waals surface area contributed by atoms with Gasteiger partial charge in [-0.25, -0.2) is 4.79 Å². The number of hydrogen-bond donors (Lipinski definition) is 2. The molecule has 0 aromatic heterocycles. The second kappa shape index (κ2) is 6.78. The Morgan fingerprint density at radius 3 is 2.42 bits per heavy atom. The number of carbonyl (C=O) groups is 2. The van der Waals surface area contributed by atoms with Crippen molar-refractivity contribution >= 4 is 35.1 Å². The molecule has 4 nitrogen and oxygen atoms in total. The topological polar surface area (TPSA) is 66.4 Å². The Morgan fingerprint density at radius 2 is 1.95 bits per heavy atom. The zero-order chi connectivity index (χ0) is 14.6. The maximum atomic E-state index is 12.0. The summed E-state index contributed by atoms with van der Waals surface area (Å²) in [5.41, 5.74) is 0.209. The van der Waals surface area contributed by atoms with Crippen LogP contribution in [0, 0.1) is 5.92 Å². The third-order valence-electron chi connectivity index (χ3n) is 2.49. The normalized spacial score (nSPS) is 12.3. The van der Waals surface area contributed by atoms with E-state index in [4.69, 9.17) is 28.3 Å². The summed E-state index contributed by atoms with van der Waals surface area (Å²) < 4.78 is 0. The number of amides is 1. The average Bonchev–Trinajstić information content (AvgIpc) is 2.26. The van der Waals surface area contributed by atoms with Gasteiger partial charge in [0.25, 0.3) is 5.91 Å². The highest BCUT2D eigenvalue weighted by molar-refractivity contribution is 6.36. The van der Waals surface area contributed by atoms with Crippen molar-refractivity contribution in [1.82, 2.24) is 5.32 Å². The molecule has 0 fully saturated rings. The second-order valence-corrected chi connectivity index (χ2v) is 5.46. The Bertz CT molecular complexity index is 489. The van der Waals surface area contributed by atoms with Gasteiger partial charge in [0.1, 0.15) is 6.04 Å². The SMILES string of the molecule is CC(C)C[C@@H](NC(=O)c1ccc(Cl)cc1Cl)C(=O)O. The summed E-state index contributed by atoms with van der Waals surface area (Å²) in [5, 5.41) is 12.1. The molecule has 0 bridgehead atoms. The lowest BCUT2D eigenvalue weighted by Crippen LogP contribution is -2.41. The van der Waals surface area contributed by atoms with Crippen LogP contribution >= 0.6 is 23.2 Å².